The summed E-state index contributed by atoms with van der Waals surface area (Å²) in [5.41, 5.74) is -0.844. The molecule has 1 saturated heterocycles. The molecule has 1 unspecified atom stereocenters. The molecule has 0 radical (unpaired) electrons. The molecule has 0 bridgehead atoms. The summed E-state index contributed by atoms with van der Waals surface area (Å²) in [4.78, 5) is 38.7. The first-order valence-electron chi connectivity index (χ1n) is 9.17. The van der Waals surface area contributed by atoms with E-state index in [9.17, 15) is 18.8 Å². The monoisotopic (exact) mass is 425 g/mol. The van der Waals surface area contributed by atoms with Crippen LogP contribution in [0, 0.1) is 5.82 Å². The highest BCUT2D eigenvalue weighted by atomic mass is 35.5. The largest absolute Gasteiger partial charge is 0.325 e. The second kappa shape index (κ2) is 7.42. The predicted octanol–water partition coefficient (Wildman–Crippen LogP) is 4.04. The molecule has 0 aliphatic carbocycles. The molecule has 3 aromatic carbocycles. The van der Waals surface area contributed by atoms with Crippen molar-refractivity contribution in [3.05, 3.63) is 77.1 Å². The second-order valence-electron chi connectivity index (χ2n) is 7.16. The van der Waals surface area contributed by atoms with Crippen LogP contribution in [0.15, 0.2) is 60.7 Å². The number of benzene rings is 3. The zero-order valence-electron chi connectivity index (χ0n) is 15.9. The minimum Gasteiger partial charge on any atom is -0.322 e. The molecule has 3 aromatic rings. The molecular formula is C22H17ClFN3O3. The third kappa shape index (κ3) is 3.37. The van der Waals surface area contributed by atoms with Gasteiger partial charge in [-0.05, 0) is 41.5 Å². The molecule has 2 N–H and O–H groups in total. The molecule has 0 spiro atoms. The van der Waals surface area contributed by atoms with Crippen molar-refractivity contribution in [2.75, 3.05) is 11.9 Å². The van der Waals surface area contributed by atoms with E-state index < -0.39 is 35.7 Å². The van der Waals surface area contributed by atoms with E-state index in [0.29, 0.717) is 5.56 Å². The summed E-state index contributed by atoms with van der Waals surface area (Å²) >= 11 is 5.71. The van der Waals surface area contributed by atoms with Gasteiger partial charge in [0.15, 0.2) is 5.82 Å². The molecule has 1 aliphatic rings. The Hall–Kier alpha value is -3.45. The number of imide groups is 1. The van der Waals surface area contributed by atoms with Crippen LogP contribution in [0.1, 0.15) is 12.5 Å². The second-order valence-corrected chi connectivity index (χ2v) is 7.57. The van der Waals surface area contributed by atoms with E-state index in [1.807, 2.05) is 36.4 Å². The van der Waals surface area contributed by atoms with Crippen molar-refractivity contribution in [1.29, 1.82) is 0 Å². The summed E-state index contributed by atoms with van der Waals surface area (Å²) in [6, 6.07) is 16.6. The van der Waals surface area contributed by atoms with Crippen molar-refractivity contribution in [2.45, 2.75) is 12.5 Å². The van der Waals surface area contributed by atoms with Gasteiger partial charge in [0.1, 0.15) is 12.1 Å². The minimum absolute atomic E-state index is 0.128. The summed E-state index contributed by atoms with van der Waals surface area (Å²) < 4.78 is 14.0. The van der Waals surface area contributed by atoms with E-state index in [1.165, 1.54) is 18.2 Å². The quantitative estimate of drug-likeness (QED) is 0.619. The van der Waals surface area contributed by atoms with Crippen molar-refractivity contribution in [2.24, 2.45) is 0 Å². The van der Waals surface area contributed by atoms with Crippen molar-refractivity contribution >= 4 is 45.9 Å². The van der Waals surface area contributed by atoms with Gasteiger partial charge in [-0.1, -0.05) is 54.1 Å². The maximum absolute atomic E-state index is 14.0. The molecule has 0 aromatic heterocycles. The van der Waals surface area contributed by atoms with Gasteiger partial charge < -0.3 is 10.6 Å². The first-order valence-corrected chi connectivity index (χ1v) is 9.54. The summed E-state index contributed by atoms with van der Waals surface area (Å²) in [6.45, 7) is 1.03. The lowest BCUT2D eigenvalue weighted by atomic mass is 9.90. The molecule has 1 aliphatic heterocycles. The van der Waals surface area contributed by atoms with Gasteiger partial charge in [-0.15, -0.1) is 0 Å². The standard InChI is InChI=1S/C22H17ClFN3O3/c1-22(15-10-9-13-5-2-3-6-14(13)11-15)20(29)27(21(30)26-22)12-18(28)25-17-8-4-7-16(23)19(17)24/h2-11H,12H2,1H3,(H,25,28)(H,26,30). The third-order valence-corrected chi connectivity index (χ3v) is 5.42. The summed E-state index contributed by atoms with van der Waals surface area (Å²) in [5.74, 6) is -2.07. The molecule has 30 heavy (non-hydrogen) atoms. The van der Waals surface area contributed by atoms with Gasteiger partial charge in [-0.2, -0.15) is 0 Å². The fourth-order valence-corrected chi connectivity index (χ4v) is 3.64. The number of halogens is 2. The number of anilines is 1. The Bertz CT molecular complexity index is 1200. The van der Waals surface area contributed by atoms with Gasteiger partial charge in [0.25, 0.3) is 5.91 Å². The molecule has 1 heterocycles. The number of fused-ring (bicyclic) bond motifs is 1. The first-order chi connectivity index (χ1) is 14.3. The highest BCUT2D eigenvalue weighted by molar-refractivity contribution is 6.31. The number of amides is 4. The Morgan fingerprint density at radius 3 is 2.60 bits per heavy atom. The average molecular weight is 426 g/mol. The van der Waals surface area contributed by atoms with Crippen LogP contribution in [0.2, 0.25) is 5.02 Å². The molecule has 0 saturated carbocycles. The van der Waals surface area contributed by atoms with E-state index >= 15 is 0 Å². The van der Waals surface area contributed by atoms with Crippen molar-refractivity contribution in [1.82, 2.24) is 10.2 Å². The van der Waals surface area contributed by atoms with Crippen LogP contribution in [-0.2, 0) is 15.1 Å². The van der Waals surface area contributed by atoms with E-state index in [2.05, 4.69) is 10.6 Å². The lowest BCUT2D eigenvalue weighted by Gasteiger charge is -2.22. The van der Waals surface area contributed by atoms with Gasteiger partial charge in [0.2, 0.25) is 5.91 Å². The topological polar surface area (TPSA) is 78.5 Å². The van der Waals surface area contributed by atoms with Gasteiger partial charge >= 0.3 is 6.03 Å². The highest BCUT2D eigenvalue weighted by Crippen LogP contribution is 2.31. The fraction of sp³-hybridized carbons (Fsp3) is 0.136. The normalized spacial score (nSPS) is 18.6. The van der Waals surface area contributed by atoms with Crippen molar-refractivity contribution in [3.63, 3.8) is 0 Å². The van der Waals surface area contributed by atoms with Gasteiger partial charge in [0.05, 0.1) is 10.7 Å². The van der Waals surface area contributed by atoms with E-state index in [1.54, 1.807) is 13.0 Å². The number of carbonyl (C=O) groups excluding carboxylic acids is 3. The summed E-state index contributed by atoms with van der Waals surface area (Å²) in [6.07, 6.45) is 0. The van der Waals surface area contributed by atoms with Gasteiger partial charge in [-0.25, -0.2) is 9.18 Å². The fourth-order valence-electron chi connectivity index (χ4n) is 3.47. The lowest BCUT2D eigenvalue weighted by Crippen LogP contribution is -2.42. The van der Waals surface area contributed by atoms with E-state index in [4.69, 9.17) is 11.6 Å². The summed E-state index contributed by atoms with van der Waals surface area (Å²) in [5, 5.41) is 6.78. The first kappa shape index (κ1) is 19.8. The molecule has 6 nitrogen and oxygen atoms in total. The third-order valence-electron chi connectivity index (χ3n) is 5.13. The van der Waals surface area contributed by atoms with Crippen LogP contribution in [0.3, 0.4) is 0 Å². The zero-order valence-corrected chi connectivity index (χ0v) is 16.7. The maximum atomic E-state index is 14.0. The number of nitrogens with zero attached hydrogens (tertiary/aromatic N) is 1. The highest BCUT2D eigenvalue weighted by Gasteiger charge is 2.49. The van der Waals surface area contributed by atoms with Crippen LogP contribution in [-0.4, -0.2) is 29.3 Å². The predicted molar refractivity (Wildman–Crippen MR) is 112 cm³/mol. The number of carbonyl (C=O) groups is 3. The Kier molecular flexibility index (Phi) is 4.91. The molecular weight excluding hydrogens is 409 g/mol. The van der Waals surface area contributed by atoms with Crippen LogP contribution >= 0.6 is 11.6 Å². The zero-order chi connectivity index (χ0) is 21.5. The lowest BCUT2D eigenvalue weighted by molar-refractivity contribution is -0.133. The number of rotatable bonds is 4. The Morgan fingerprint density at radius 1 is 1.10 bits per heavy atom. The SMILES string of the molecule is CC1(c2ccc3ccccc3c2)NC(=O)N(CC(=O)Nc2cccc(Cl)c2F)C1=O. The minimum atomic E-state index is -1.32. The van der Waals surface area contributed by atoms with E-state index in [-0.39, 0.29) is 10.7 Å². The molecule has 4 rings (SSSR count). The maximum Gasteiger partial charge on any atom is 0.325 e. The molecule has 8 heteroatoms. The Morgan fingerprint density at radius 2 is 1.83 bits per heavy atom. The average Bonchev–Trinajstić information content (AvgIpc) is 2.95. The van der Waals surface area contributed by atoms with Crippen LogP contribution in [0.25, 0.3) is 10.8 Å². The van der Waals surface area contributed by atoms with Gasteiger partial charge in [0, 0.05) is 0 Å². The number of nitrogens with one attached hydrogen (secondary N) is 2. The van der Waals surface area contributed by atoms with Gasteiger partial charge in [-0.3, -0.25) is 14.5 Å². The molecule has 1 fully saturated rings. The van der Waals surface area contributed by atoms with Crippen LogP contribution in [0.4, 0.5) is 14.9 Å². The van der Waals surface area contributed by atoms with Crippen LogP contribution in [0.5, 0.6) is 0 Å². The number of urea groups is 1. The smallest absolute Gasteiger partial charge is 0.322 e. The van der Waals surface area contributed by atoms with Crippen molar-refractivity contribution < 1.29 is 18.8 Å². The Labute approximate surface area is 176 Å². The number of hydrogen-bond acceptors (Lipinski definition) is 3. The number of hydrogen-bond donors (Lipinski definition) is 2. The van der Waals surface area contributed by atoms with Crippen molar-refractivity contribution in [3.8, 4) is 0 Å². The Balaban J connectivity index is 1.55. The molecule has 4 amide bonds. The molecule has 152 valence electrons. The summed E-state index contributed by atoms with van der Waals surface area (Å²) in [7, 11) is 0. The van der Waals surface area contributed by atoms with E-state index in [0.717, 1.165) is 15.7 Å². The molecule has 1 atom stereocenters. The van der Waals surface area contributed by atoms with Crippen LogP contribution < -0.4 is 10.6 Å².